The molecule has 8 N–H and O–H groups in total. The molecule has 2 saturated heterocycles. The number of allylic oxidation sites excluding steroid dienone is 12. The summed E-state index contributed by atoms with van der Waals surface area (Å²) in [5.74, 6) is -3.50. The zero-order chi connectivity index (χ0) is 103. The second-order valence-corrected chi connectivity index (χ2v) is 42.7. The van der Waals surface area contributed by atoms with Crippen molar-refractivity contribution in [3.8, 4) is 0 Å². The lowest BCUT2D eigenvalue weighted by molar-refractivity contribution is -0.788. The number of hydrogen-bond acceptors (Lipinski definition) is 29. The van der Waals surface area contributed by atoms with Crippen LogP contribution in [-0.4, -0.2) is 222 Å². The summed E-state index contributed by atoms with van der Waals surface area (Å²) in [6.07, 6.45) is 33.8. The molecule has 762 valence electrons. The van der Waals surface area contributed by atoms with Crippen molar-refractivity contribution in [1.29, 1.82) is 0 Å². The van der Waals surface area contributed by atoms with Gasteiger partial charge in [-0.3, -0.25) is 47.1 Å². The number of para-hydroxylation sites is 2. The van der Waals surface area contributed by atoms with Crippen molar-refractivity contribution in [2.75, 3.05) is 72.9 Å². The molecule has 5 amide bonds. The van der Waals surface area contributed by atoms with Crippen LogP contribution < -0.4 is 25.8 Å². The Morgan fingerprint density at radius 3 is 1.52 bits per heavy atom. The van der Waals surface area contributed by atoms with Crippen LogP contribution in [0.4, 0.5) is 34.6 Å². The van der Waals surface area contributed by atoms with Gasteiger partial charge in [0.2, 0.25) is 34.5 Å². The molecule has 0 radical (unpaired) electrons. The van der Waals surface area contributed by atoms with Crippen LogP contribution in [0.2, 0.25) is 5.28 Å². The Labute approximate surface area is 824 Å². The van der Waals surface area contributed by atoms with Crippen LogP contribution in [0, 0.1) is 0 Å². The van der Waals surface area contributed by atoms with Gasteiger partial charge in [-0.05, 0) is 153 Å². The summed E-state index contributed by atoms with van der Waals surface area (Å²) in [5, 5.41) is 10.4. The van der Waals surface area contributed by atoms with Gasteiger partial charge in [0.15, 0.2) is 11.4 Å². The highest BCUT2D eigenvalue weighted by Gasteiger charge is 2.50. The van der Waals surface area contributed by atoms with E-state index in [0.717, 1.165) is 117 Å². The van der Waals surface area contributed by atoms with Crippen molar-refractivity contribution < 1.29 is 134 Å². The molecule has 1 aromatic heterocycles. The maximum atomic E-state index is 12.9. The Balaban J connectivity index is 0.000000331. The molecule has 6 aliphatic rings. The van der Waals surface area contributed by atoms with E-state index in [9.17, 15) is 85.4 Å². The molecule has 39 nitrogen and oxygen atoms in total. The maximum absolute atomic E-state index is 12.9. The predicted molar refractivity (Wildman–Crippen MR) is 521 cm³/mol. The number of carbonyl (C=O) groups excluding carboxylic acids is 7. The smallest absolute Gasteiger partial charge is 0.356 e. The standard InChI is InChI=1S/C53H70ClN9O11S2.C41H51N3O10S2.2O3S/c1-5-6-34-62-41-21-15-14-20-39(41)53(4,44(62)23-11-7-10-22-43-52(2,3)40-37-38(76(71,72)73)26-27-42(40)61(43)35-19-36-75(68,69)70)30-16-8-12-24-45(64)55-32-18-33-57-51-59-49(54)58-50(60-51)56-31-17-9-13-25-48(67)74-63-46(65)28-29-47(63)66;1-5-6-26-43-33-17-13-12-16-31(33)41(4,25-14-8-11-20-39(47)54-44-37(45)23-24-38(44)46)36(43)19-10-7-9-18-35-40(2,3)32-29-30(56(51,52)53)21-22-34(32)42(35)27-15-28-55(48,49)50;2*1-4(2)3/h7,10-11,14-15,20-23,26-27,37H,5-6,8-9,12-13,16-19,24-25,28-36H2,1-4H3,(H4-,55,56,57,58,59,60,64,68,69,70,71,72,73);7,9-10,12-13,16-19,21-22,29H,5-6,8,11,14-15,20,23-28H2,1-4H3,(H-,48,49,50,51,52,53);;/p+3. The van der Waals surface area contributed by atoms with Crippen molar-refractivity contribution in [2.45, 2.75) is 247 Å². The topological polar surface area (TPSA) is 553 Å². The lowest BCUT2D eigenvalue weighted by Crippen LogP contribution is -3.04. The zero-order valence-electron chi connectivity index (χ0n) is 79.5. The first-order valence-corrected chi connectivity index (χ1v) is 54.7. The highest BCUT2D eigenvalue weighted by molar-refractivity contribution is 7.86. The number of nitrogens with zero attached hydrogens (tertiary/aromatic N) is 8. The van der Waals surface area contributed by atoms with Gasteiger partial charge >= 0.3 is 33.2 Å². The number of halogens is 1. The Bertz CT molecular complexity index is 6340. The number of carbonyl (C=O) groups is 7. The Morgan fingerprint density at radius 1 is 0.493 bits per heavy atom. The zero-order valence-corrected chi connectivity index (χ0v) is 85.1. The first-order chi connectivity index (χ1) is 66.0. The molecule has 140 heavy (non-hydrogen) atoms. The van der Waals surface area contributed by atoms with E-state index in [2.05, 4.69) is 123 Å². The van der Waals surface area contributed by atoms with E-state index in [-0.39, 0.29) is 89.7 Å². The monoisotopic (exact) mass is 2080 g/mol. The van der Waals surface area contributed by atoms with Crippen molar-refractivity contribution in [2.24, 2.45) is 0 Å². The number of hydrogen-bond donors (Lipinski definition) is 8. The second kappa shape index (κ2) is 52.1. The number of nitrogens with one attached hydrogen (secondary N) is 4. The summed E-state index contributed by atoms with van der Waals surface area (Å²) in [6.45, 7) is 20.4. The highest BCUT2D eigenvalue weighted by atomic mass is 35.5. The first-order valence-electron chi connectivity index (χ1n) is 46.2. The molecule has 3 atom stereocenters. The van der Waals surface area contributed by atoms with E-state index in [1.54, 1.807) is 12.1 Å². The fourth-order valence-corrected chi connectivity index (χ4v) is 20.0. The maximum Gasteiger partial charge on any atom is 0.425 e. The molecule has 5 aromatic rings. The third-order valence-corrected chi connectivity index (χ3v) is 28.2. The van der Waals surface area contributed by atoms with Gasteiger partial charge < -0.3 is 30.5 Å². The van der Waals surface area contributed by atoms with Crippen molar-refractivity contribution >= 4 is 161 Å². The predicted octanol–water partition coefficient (Wildman–Crippen LogP) is 11.6. The van der Waals surface area contributed by atoms with Crippen molar-refractivity contribution in [1.82, 2.24) is 30.4 Å². The highest BCUT2D eigenvalue weighted by Crippen LogP contribution is 2.52. The molecule has 4 aromatic carbocycles. The molecule has 46 heteroatoms. The molecule has 0 saturated carbocycles. The van der Waals surface area contributed by atoms with Crippen LogP contribution in [0.5, 0.6) is 0 Å². The van der Waals surface area contributed by atoms with Gasteiger partial charge in [0.25, 0.3) is 64.1 Å². The average Bonchev–Trinajstić information content (AvgIpc) is 1.62. The minimum Gasteiger partial charge on any atom is -0.356 e. The van der Waals surface area contributed by atoms with E-state index in [0.29, 0.717) is 104 Å². The van der Waals surface area contributed by atoms with Gasteiger partial charge in [-0.1, -0.05) is 132 Å². The van der Waals surface area contributed by atoms with Crippen LogP contribution in [0.15, 0.2) is 167 Å². The molecular formula is C94H124ClN12O27S6+3. The lowest BCUT2D eigenvalue weighted by atomic mass is 9.75. The van der Waals surface area contributed by atoms with Gasteiger partial charge in [0, 0.05) is 154 Å². The molecule has 6 aliphatic heterocycles. The Morgan fingerprint density at radius 2 is 0.964 bits per heavy atom. The average molecular weight is 2080 g/mol. The second-order valence-electron chi connectivity index (χ2n) is 35.6. The van der Waals surface area contributed by atoms with Gasteiger partial charge in [-0.2, -0.15) is 57.8 Å². The molecule has 0 aliphatic carbocycles. The van der Waals surface area contributed by atoms with E-state index >= 15 is 0 Å². The van der Waals surface area contributed by atoms with Crippen LogP contribution in [-0.2, 0) is 127 Å². The number of imide groups is 2. The van der Waals surface area contributed by atoms with Gasteiger partial charge in [-0.15, -0.1) is 35.4 Å². The van der Waals surface area contributed by atoms with Crippen LogP contribution >= 0.6 is 11.6 Å². The van der Waals surface area contributed by atoms with Gasteiger partial charge in [0.1, 0.15) is 24.5 Å². The summed E-state index contributed by atoms with van der Waals surface area (Å²) >= 11 is 6.15. The van der Waals surface area contributed by atoms with E-state index in [1.165, 1.54) is 46.8 Å². The third kappa shape index (κ3) is 32.7. The number of rotatable bonds is 48. The summed E-state index contributed by atoms with van der Waals surface area (Å²) < 4.78 is 188. The first kappa shape index (κ1) is 114. The fraction of sp³-hybridized carbons (Fsp3) is 0.489. The molecule has 11 rings (SSSR count). The SMILES string of the molecule is CCCCN1C(=CC=CC=CC2=[N+](CCCS(=O)(=O)O)c3ccc(S(=O)(=O)O)cc3C2(C)C)C(C)(CCCCCC(=O)NCCCNc2nc(Cl)nc(NCCCCCC(=O)ON3C(=O)CCC3=O)n2)c2ccccc21.CCCC[N+]1=C(/C=C/C=C/C=C2/[NH+](CCCS(=O)(=O)O)c3ccc(S(=O)(=O)O)cc3C2(C)C)C(C)(CCCCCC(=O)ON2C(=O)CCC2=O)c2ccccc21.O=S(=O)=O.O=S(=O)=O. The summed E-state index contributed by atoms with van der Waals surface area (Å²) in [6, 6.07) is 25.7. The van der Waals surface area contributed by atoms with Crippen molar-refractivity contribution in [3.63, 3.8) is 0 Å². The Kier molecular flexibility index (Phi) is 42.4. The summed E-state index contributed by atoms with van der Waals surface area (Å²) in [4.78, 5) is 109. The quantitative estimate of drug-likeness (QED) is 0.00589. The number of fused-ring (bicyclic) bond motifs is 4. The number of benzene rings is 4. The minimum atomic E-state index is -4.47. The van der Waals surface area contributed by atoms with Crippen LogP contribution in [0.1, 0.15) is 238 Å². The van der Waals surface area contributed by atoms with E-state index < -0.39 is 120 Å². The number of unbranched alkanes of at least 4 members (excludes halogenated alkanes) is 8. The molecule has 7 heterocycles. The fourth-order valence-electron chi connectivity index (χ4n) is 17.9. The van der Waals surface area contributed by atoms with E-state index in [1.807, 2.05) is 86.9 Å². The summed E-state index contributed by atoms with van der Waals surface area (Å²) in [7, 11) is -23.5. The number of hydroxylamine groups is 4. The van der Waals surface area contributed by atoms with Crippen LogP contribution in [0.3, 0.4) is 0 Å². The third-order valence-electron chi connectivity index (χ3n) is 24.7. The number of anilines is 3. The van der Waals surface area contributed by atoms with Crippen LogP contribution in [0.25, 0.3) is 0 Å². The van der Waals surface area contributed by atoms with E-state index in [4.69, 9.17) is 46.5 Å². The number of amides is 5. The molecule has 2 fully saturated rings. The Hall–Kier alpha value is -11.1. The molecule has 3 unspecified atom stereocenters. The lowest BCUT2D eigenvalue weighted by Gasteiger charge is -2.30. The number of quaternary nitrogens is 1. The largest absolute Gasteiger partial charge is 0.425 e. The molecule has 0 spiro atoms. The van der Waals surface area contributed by atoms with Crippen molar-refractivity contribution in [3.05, 3.63) is 185 Å². The normalized spacial score (nSPS) is 18.7. The number of aromatic nitrogens is 3. The van der Waals surface area contributed by atoms with Gasteiger partial charge in [-0.25, -0.2) is 9.59 Å². The van der Waals surface area contributed by atoms with Gasteiger partial charge in [0.05, 0.1) is 44.1 Å². The minimum absolute atomic E-state index is 0.0141. The molecule has 0 bridgehead atoms. The summed E-state index contributed by atoms with van der Waals surface area (Å²) in [5.41, 5.74) is 9.63. The molecular weight excluding hydrogens is 1960 g/mol.